The Balaban J connectivity index is 2.18. The van der Waals surface area contributed by atoms with Crippen molar-refractivity contribution >= 4 is 11.7 Å². The van der Waals surface area contributed by atoms with Crippen molar-refractivity contribution in [2.24, 2.45) is 0 Å². The molecule has 1 heterocycles. The highest BCUT2D eigenvalue weighted by Gasteiger charge is 2.23. The molecule has 6 heteroatoms. The number of carbonyl (C=O) groups excluding carboxylic acids is 1. The van der Waals surface area contributed by atoms with Crippen molar-refractivity contribution in [2.45, 2.75) is 45.8 Å². The number of halogens is 1. The average Bonchev–Trinajstić information content (AvgIpc) is 2.56. The predicted molar refractivity (Wildman–Crippen MR) is 93.7 cm³/mol. The maximum absolute atomic E-state index is 13.8. The van der Waals surface area contributed by atoms with Crippen molar-refractivity contribution < 1.29 is 14.3 Å². The van der Waals surface area contributed by atoms with Gasteiger partial charge in [0.2, 0.25) is 0 Å². The molecule has 1 atom stereocenters. The van der Waals surface area contributed by atoms with Gasteiger partial charge in [-0.2, -0.15) is 0 Å². The van der Waals surface area contributed by atoms with Crippen LogP contribution >= 0.6 is 0 Å². The van der Waals surface area contributed by atoms with Crippen molar-refractivity contribution in [1.82, 2.24) is 10.2 Å². The molecule has 2 amide bonds. The number of urea groups is 1. The summed E-state index contributed by atoms with van der Waals surface area (Å²) in [6.45, 7) is 8.47. The Morgan fingerprint density at radius 1 is 1.38 bits per heavy atom. The van der Waals surface area contributed by atoms with Crippen molar-refractivity contribution in [3.05, 3.63) is 29.6 Å². The molecule has 1 aromatic carbocycles. The Morgan fingerprint density at radius 3 is 2.58 bits per heavy atom. The Bertz CT molecular complexity index is 555. The first-order valence-corrected chi connectivity index (χ1v) is 8.74. The normalized spacial score (nSPS) is 16.8. The number of aliphatic hydroxyl groups is 1. The number of piperidine rings is 1. The van der Waals surface area contributed by atoms with Crippen LogP contribution in [-0.4, -0.2) is 48.3 Å². The van der Waals surface area contributed by atoms with E-state index in [-0.39, 0.29) is 24.0 Å². The summed E-state index contributed by atoms with van der Waals surface area (Å²) in [4.78, 5) is 16.1. The average molecular weight is 337 g/mol. The fourth-order valence-electron chi connectivity index (χ4n) is 3.13. The van der Waals surface area contributed by atoms with Gasteiger partial charge in [0.15, 0.2) is 0 Å². The molecule has 1 aliphatic heterocycles. The van der Waals surface area contributed by atoms with Gasteiger partial charge in [-0.3, -0.25) is 0 Å². The smallest absolute Gasteiger partial charge is 0.317 e. The van der Waals surface area contributed by atoms with E-state index in [0.29, 0.717) is 25.9 Å². The van der Waals surface area contributed by atoms with E-state index >= 15 is 0 Å². The first-order valence-electron chi connectivity index (χ1n) is 8.74. The lowest BCUT2D eigenvalue weighted by atomic mass is 10.0. The predicted octanol–water partition coefficient (Wildman–Crippen LogP) is 2.90. The van der Waals surface area contributed by atoms with Gasteiger partial charge in [-0.25, -0.2) is 9.18 Å². The number of aliphatic hydroxyl groups excluding tert-OH is 1. The first-order chi connectivity index (χ1) is 11.5. The Labute approximate surface area is 143 Å². The lowest BCUT2D eigenvalue weighted by Gasteiger charge is -2.34. The van der Waals surface area contributed by atoms with E-state index in [0.717, 1.165) is 24.3 Å². The van der Waals surface area contributed by atoms with E-state index in [9.17, 15) is 14.3 Å². The van der Waals surface area contributed by atoms with Crippen molar-refractivity contribution in [3.63, 3.8) is 0 Å². The summed E-state index contributed by atoms with van der Waals surface area (Å²) in [6, 6.07) is 4.27. The van der Waals surface area contributed by atoms with Crippen LogP contribution in [0.25, 0.3) is 0 Å². The van der Waals surface area contributed by atoms with Gasteiger partial charge in [-0.05, 0) is 51.8 Å². The summed E-state index contributed by atoms with van der Waals surface area (Å²) in [5.41, 5.74) is 1.70. The van der Waals surface area contributed by atoms with E-state index < -0.39 is 0 Å². The second-order valence-corrected chi connectivity index (χ2v) is 6.26. The molecule has 0 spiro atoms. The van der Waals surface area contributed by atoms with E-state index in [1.165, 1.54) is 12.1 Å². The maximum atomic E-state index is 13.8. The SMILES string of the molecule is CCN(CC)C(=O)NC(C)c1cc(F)ccc1N1CCC(O)CC1. The lowest BCUT2D eigenvalue weighted by Crippen LogP contribution is -2.41. The van der Waals surface area contributed by atoms with Gasteiger partial charge in [0.1, 0.15) is 5.82 Å². The molecule has 0 aliphatic carbocycles. The number of nitrogens with zero attached hydrogens (tertiary/aromatic N) is 2. The third-order valence-electron chi connectivity index (χ3n) is 4.65. The molecule has 1 fully saturated rings. The van der Waals surface area contributed by atoms with Gasteiger partial charge in [0, 0.05) is 37.4 Å². The number of amides is 2. The lowest BCUT2D eigenvalue weighted by molar-refractivity contribution is 0.145. The van der Waals surface area contributed by atoms with Gasteiger partial charge in [0.05, 0.1) is 12.1 Å². The Kier molecular flexibility index (Phi) is 6.43. The minimum absolute atomic E-state index is 0.142. The topological polar surface area (TPSA) is 55.8 Å². The van der Waals surface area contributed by atoms with E-state index in [1.807, 2.05) is 20.8 Å². The molecule has 1 unspecified atom stereocenters. The van der Waals surface area contributed by atoms with Crippen LogP contribution in [0, 0.1) is 5.82 Å². The summed E-state index contributed by atoms with van der Waals surface area (Å²) < 4.78 is 13.8. The summed E-state index contributed by atoms with van der Waals surface area (Å²) in [5, 5.41) is 12.6. The minimum atomic E-state index is -0.310. The molecule has 1 aromatic rings. The highest BCUT2D eigenvalue weighted by Crippen LogP contribution is 2.29. The summed E-state index contributed by atoms with van der Waals surface area (Å²) in [7, 11) is 0. The van der Waals surface area contributed by atoms with Gasteiger partial charge in [-0.15, -0.1) is 0 Å². The number of rotatable bonds is 5. The van der Waals surface area contributed by atoms with Crippen LogP contribution in [0.3, 0.4) is 0 Å². The maximum Gasteiger partial charge on any atom is 0.317 e. The molecular formula is C18H28FN3O2. The quantitative estimate of drug-likeness (QED) is 0.869. The van der Waals surface area contributed by atoms with Crippen LogP contribution in [0.1, 0.15) is 45.2 Å². The number of hydrogen-bond donors (Lipinski definition) is 2. The number of carbonyl (C=O) groups is 1. The second-order valence-electron chi connectivity index (χ2n) is 6.26. The number of anilines is 1. The van der Waals surface area contributed by atoms with Crippen molar-refractivity contribution in [1.29, 1.82) is 0 Å². The molecule has 1 saturated heterocycles. The van der Waals surface area contributed by atoms with Gasteiger partial charge in [-0.1, -0.05) is 0 Å². The monoisotopic (exact) mass is 337 g/mol. The van der Waals surface area contributed by atoms with E-state index in [1.54, 1.807) is 11.0 Å². The molecule has 1 aliphatic rings. The number of hydrogen-bond acceptors (Lipinski definition) is 3. The summed E-state index contributed by atoms with van der Waals surface area (Å²) in [5.74, 6) is -0.310. The fourth-order valence-corrected chi connectivity index (χ4v) is 3.13. The van der Waals surface area contributed by atoms with Gasteiger partial charge >= 0.3 is 6.03 Å². The second kappa shape index (κ2) is 8.33. The van der Waals surface area contributed by atoms with Gasteiger partial charge in [0.25, 0.3) is 0 Å². The zero-order chi connectivity index (χ0) is 17.7. The van der Waals surface area contributed by atoms with Crippen LogP contribution in [0.2, 0.25) is 0 Å². The fraction of sp³-hybridized carbons (Fsp3) is 0.611. The highest BCUT2D eigenvalue weighted by molar-refractivity contribution is 5.75. The Morgan fingerprint density at radius 2 is 2.00 bits per heavy atom. The molecule has 0 bridgehead atoms. The molecule has 2 N–H and O–H groups in total. The first kappa shape index (κ1) is 18.5. The number of nitrogens with one attached hydrogen (secondary N) is 1. The largest absolute Gasteiger partial charge is 0.393 e. The van der Waals surface area contributed by atoms with E-state index in [2.05, 4.69) is 10.2 Å². The van der Waals surface area contributed by atoms with Crippen molar-refractivity contribution in [3.8, 4) is 0 Å². The standard InChI is InChI=1S/C18H28FN3O2/c1-4-21(5-2)18(24)20-13(3)16-12-14(19)6-7-17(16)22-10-8-15(23)9-11-22/h6-7,12-13,15,23H,4-5,8-11H2,1-3H3,(H,20,24). The highest BCUT2D eigenvalue weighted by atomic mass is 19.1. The third kappa shape index (κ3) is 4.38. The van der Waals surface area contributed by atoms with Crippen LogP contribution in [0.5, 0.6) is 0 Å². The number of benzene rings is 1. The Hall–Kier alpha value is -1.82. The summed E-state index contributed by atoms with van der Waals surface area (Å²) in [6.07, 6.45) is 1.15. The van der Waals surface area contributed by atoms with Gasteiger partial charge < -0.3 is 20.2 Å². The minimum Gasteiger partial charge on any atom is -0.393 e. The molecular weight excluding hydrogens is 309 g/mol. The molecule has 0 saturated carbocycles. The summed E-state index contributed by atoms with van der Waals surface area (Å²) >= 11 is 0. The van der Waals surface area contributed by atoms with Crippen LogP contribution < -0.4 is 10.2 Å². The van der Waals surface area contributed by atoms with E-state index in [4.69, 9.17) is 0 Å². The molecule has 24 heavy (non-hydrogen) atoms. The zero-order valence-electron chi connectivity index (χ0n) is 14.8. The third-order valence-corrected chi connectivity index (χ3v) is 4.65. The molecule has 0 radical (unpaired) electrons. The zero-order valence-corrected chi connectivity index (χ0v) is 14.8. The molecule has 0 aromatic heterocycles. The van der Waals surface area contributed by atoms with Crippen molar-refractivity contribution in [2.75, 3.05) is 31.1 Å². The molecule has 5 nitrogen and oxygen atoms in total. The van der Waals surface area contributed by atoms with Crippen LogP contribution in [0.4, 0.5) is 14.9 Å². The van der Waals surface area contributed by atoms with Crippen LogP contribution in [-0.2, 0) is 0 Å². The molecule has 134 valence electrons. The molecule has 2 rings (SSSR count). The van der Waals surface area contributed by atoms with Crippen LogP contribution in [0.15, 0.2) is 18.2 Å².